The molecule has 0 N–H and O–H groups in total. The molecule has 25 heavy (non-hydrogen) atoms. The molecular formula is C17H14FNO4S2. The average Bonchev–Trinajstić information content (AvgIpc) is 2.61. The molecule has 1 aliphatic heterocycles. The van der Waals surface area contributed by atoms with Crippen LogP contribution >= 0.6 is 11.8 Å². The molecule has 0 aromatic heterocycles. The van der Waals surface area contributed by atoms with Crippen molar-refractivity contribution in [2.75, 3.05) is 18.3 Å². The molecule has 1 aliphatic rings. The molecule has 0 aliphatic carbocycles. The average molecular weight is 379 g/mol. The number of esters is 1. The van der Waals surface area contributed by atoms with Crippen molar-refractivity contribution in [3.63, 3.8) is 0 Å². The molecule has 5 nitrogen and oxygen atoms in total. The zero-order chi connectivity index (χ0) is 18.2. The van der Waals surface area contributed by atoms with Gasteiger partial charge in [-0.1, -0.05) is 6.07 Å². The largest absolute Gasteiger partial charge is 0.465 e. The van der Waals surface area contributed by atoms with Crippen molar-refractivity contribution in [1.82, 2.24) is 0 Å². The second kappa shape index (κ2) is 6.53. The van der Waals surface area contributed by atoms with Crippen LogP contribution in [0.3, 0.4) is 0 Å². The Morgan fingerprint density at radius 2 is 1.96 bits per heavy atom. The van der Waals surface area contributed by atoms with E-state index in [1.807, 2.05) is 18.4 Å². The third-order valence-corrected chi connectivity index (χ3v) is 6.22. The Bertz CT molecular complexity index is 986. The number of carbonyl (C=O) groups is 1. The van der Waals surface area contributed by atoms with Gasteiger partial charge >= 0.3 is 5.97 Å². The summed E-state index contributed by atoms with van der Waals surface area (Å²) in [6, 6.07) is 10.6. The quantitative estimate of drug-likeness (QED) is 0.462. The van der Waals surface area contributed by atoms with E-state index in [2.05, 4.69) is 4.74 Å². The maximum atomic E-state index is 13.8. The second-order valence-electron chi connectivity index (χ2n) is 5.17. The minimum absolute atomic E-state index is 0.144. The fourth-order valence-electron chi connectivity index (χ4n) is 2.52. The highest BCUT2D eigenvalue weighted by Crippen LogP contribution is 2.40. The number of carbonyl (C=O) groups excluding carboxylic acids is 1. The summed E-state index contributed by atoms with van der Waals surface area (Å²) < 4.78 is 43.8. The van der Waals surface area contributed by atoms with Crippen molar-refractivity contribution < 1.29 is 22.3 Å². The maximum absolute atomic E-state index is 13.8. The first-order chi connectivity index (χ1) is 11.9. The number of ether oxygens (including phenoxy) is 1. The standard InChI is InChI=1S/C17H14FNO4S2/c1-23-17(20)16-10-19(12-4-3-5-13(9-12)24-2)14-8-11(18)6-7-15(14)25(16,21)22/h3-10H,1-2H3. The zero-order valence-corrected chi connectivity index (χ0v) is 15.0. The van der Waals surface area contributed by atoms with Crippen LogP contribution in [0.1, 0.15) is 0 Å². The molecule has 2 aromatic carbocycles. The molecule has 0 spiro atoms. The van der Waals surface area contributed by atoms with Crippen LogP contribution in [0.15, 0.2) is 63.4 Å². The van der Waals surface area contributed by atoms with E-state index in [0.717, 1.165) is 30.2 Å². The number of rotatable bonds is 3. The molecule has 0 amide bonds. The first-order valence-corrected chi connectivity index (χ1v) is 9.87. The van der Waals surface area contributed by atoms with Gasteiger partial charge in [0, 0.05) is 16.8 Å². The van der Waals surface area contributed by atoms with E-state index < -0.39 is 26.5 Å². The van der Waals surface area contributed by atoms with Gasteiger partial charge in [0.15, 0.2) is 4.91 Å². The number of methoxy groups -OCH3 is 1. The summed E-state index contributed by atoms with van der Waals surface area (Å²) in [5.41, 5.74) is 0.751. The van der Waals surface area contributed by atoms with Crippen molar-refractivity contribution in [3.05, 3.63) is 59.4 Å². The van der Waals surface area contributed by atoms with Gasteiger partial charge in [0.1, 0.15) is 5.82 Å². The summed E-state index contributed by atoms with van der Waals surface area (Å²) in [5.74, 6) is -1.55. The Balaban J connectivity index is 2.29. The Labute approximate surface area is 149 Å². The zero-order valence-electron chi connectivity index (χ0n) is 13.4. The predicted octanol–water partition coefficient (Wildman–Crippen LogP) is 3.49. The number of nitrogens with zero attached hydrogens (tertiary/aromatic N) is 1. The van der Waals surface area contributed by atoms with Gasteiger partial charge < -0.3 is 9.64 Å². The molecule has 0 unspecified atom stereocenters. The Morgan fingerprint density at radius 1 is 1.20 bits per heavy atom. The summed E-state index contributed by atoms with van der Waals surface area (Å²) in [5, 5.41) is 0. The molecule has 0 atom stereocenters. The lowest BCUT2D eigenvalue weighted by molar-refractivity contribution is -0.135. The molecule has 130 valence electrons. The van der Waals surface area contributed by atoms with Gasteiger partial charge in [-0.05, 0) is 42.7 Å². The van der Waals surface area contributed by atoms with E-state index in [4.69, 9.17) is 0 Å². The second-order valence-corrected chi connectivity index (χ2v) is 7.94. The van der Waals surface area contributed by atoms with E-state index >= 15 is 0 Å². The molecule has 0 saturated carbocycles. The molecule has 1 heterocycles. The Hall–Kier alpha value is -2.32. The van der Waals surface area contributed by atoms with Crippen molar-refractivity contribution in [1.29, 1.82) is 0 Å². The fourth-order valence-corrected chi connectivity index (χ4v) is 4.43. The molecule has 3 rings (SSSR count). The number of fused-ring (bicyclic) bond motifs is 1. The molecule has 0 saturated heterocycles. The summed E-state index contributed by atoms with van der Waals surface area (Å²) in [7, 11) is -2.99. The minimum atomic E-state index is -4.09. The number of anilines is 2. The highest BCUT2D eigenvalue weighted by molar-refractivity contribution is 7.98. The highest BCUT2D eigenvalue weighted by Gasteiger charge is 2.36. The first kappa shape index (κ1) is 17.5. The number of thioether (sulfide) groups is 1. The number of sulfone groups is 1. The fraction of sp³-hybridized carbons (Fsp3) is 0.118. The van der Waals surface area contributed by atoms with Crippen LogP contribution in [-0.4, -0.2) is 27.8 Å². The van der Waals surface area contributed by atoms with Crippen LogP contribution in [0, 0.1) is 5.82 Å². The van der Waals surface area contributed by atoms with Gasteiger partial charge in [-0.15, -0.1) is 11.8 Å². The number of halogens is 1. The topological polar surface area (TPSA) is 63.7 Å². The van der Waals surface area contributed by atoms with E-state index in [9.17, 15) is 17.6 Å². The van der Waals surface area contributed by atoms with Crippen LogP contribution in [0.25, 0.3) is 0 Å². The SMILES string of the molecule is COC(=O)C1=CN(c2cccc(SC)c2)c2cc(F)ccc2S1(=O)=O. The van der Waals surface area contributed by atoms with Crippen molar-refractivity contribution >= 4 is 38.9 Å². The number of benzene rings is 2. The van der Waals surface area contributed by atoms with Gasteiger partial charge in [-0.2, -0.15) is 0 Å². The van der Waals surface area contributed by atoms with Crippen molar-refractivity contribution in [2.24, 2.45) is 0 Å². The van der Waals surface area contributed by atoms with Crippen LogP contribution in [0.4, 0.5) is 15.8 Å². The van der Waals surface area contributed by atoms with Gasteiger partial charge in [0.25, 0.3) is 0 Å². The lowest BCUT2D eigenvalue weighted by atomic mass is 10.2. The molecule has 2 aromatic rings. The summed E-state index contributed by atoms with van der Waals surface area (Å²) in [6.45, 7) is 0. The molecule has 0 fully saturated rings. The maximum Gasteiger partial charge on any atom is 0.351 e. The Kier molecular flexibility index (Phi) is 4.57. The van der Waals surface area contributed by atoms with E-state index in [1.165, 1.54) is 22.9 Å². The lowest BCUT2D eigenvalue weighted by Crippen LogP contribution is -2.26. The molecule has 8 heteroatoms. The highest BCUT2D eigenvalue weighted by atomic mass is 32.2. The summed E-state index contributed by atoms with van der Waals surface area (Å²) in [6.07, 6.45) is 3.07. The third-order valence-electron chi connectivity index (χ3n) is 3.72. The van der Waals surface area contributed by atoms with Crippen molar-refractivity contribution in [3.8, 4) is 0 Å². The van der Waals surface area contributed by atoms with Crippen LogP contribution in [0.2, 0.25) is 0 Å². The van der Waals surface area contributed by atoms with Gasteiger partial charge in [0.2, 0.25) is 9.84 Å². The van der Waals surface area contributed by atoms with Crippen LogP contribution < -0.4 is 4.90 Å². The smallest absolute Gasteiger partial charge is 0.351 e. The third kappa shape index (κ3) is 3.03. The van der Waals surface area contributed by atoms with E-state index in [0.29, 0.717) is 5.69 Å². The van der Waals surface area contributed by atoms with Crippen molar-refractivity contribution in [2.45, 2.75) is 9.79 Å². The van der Waals surface area contributed by atoms with Gasteiger partial charge in [-0.3, -0.25) is 0 Å². The Morgan fingerprint density at radius 3 is 2.64 bits per heavy atom. The normalized spacial score (nSPS) is 15.3. The number of hydrogen-bond donors (Lipinski definition) is 0. The summed E-state index contributed by atoms with van der Waals surface area (Å²) in [4.78, 5) is 13.8. The van der Waals surface area contributed by atoms with E-state index in [-0.39, 0.29) is 10.6 Å². The van der Waals surface area contributed by atoms with Gasteiger partial charge in [0.05, 0.1) is 17.7 Å². The molecule has 0 bridgehead atoms. The van der Waals surface area contributed by atoms with Crippen LogP contribution in [-0.2, 0) is 19.4 Å². The van der Waals surface area contributed by atoms with Crippen LogP contribution in [0.5, 0.6) is 0 Å². The van der Waals surface area contributed by atoms with Gasteiger partial charge in [-0.25, -0.2) is 17.6 Å². The number of hydrogen-bond acceptors (Lipinski definition) is 6. The molecular weight excluding hydrogens is 365 g/mol. The first-order valence-electron chi connectivity index (χ1n) is 7.16. The predicted molar refractivity (Wildman–Crippen MR) is 94.0 cm³/mol. The summed E-state index contributed by atoms with van der Waals surface area (Å²) >= 11 is 1.51. The van der Waals surface area contributed by atoms with E-state index in [1.54, 1.807) is 12.1 Å². The lowest BCUT2D eigenvalue weighted by Gasteiger charge is -2.28. The molecule has 0 radical (unpaired) electrons. The minimum Gasteiger partial charge on any atom is -0.465 e. The monoisotopic (exact) mass is 379 g/mol.